The van der Waals surface area contributed by atoms with Crippen LogP contribution in [0.25, 0.3) is 0 Å². The number of benzene rings is 1. The third-order valence-electron chi connectivity index (χ3n) is 2.75. The van der Waals surface area contributed by atoms with Gasteiger partial charge in [-0.25, -0.2) is 0 Å². The van der Waals surface area contributed by atoms with E-state index in [1.807, 2.05) is 0 Å². The highest BCUT2D eigenvalue weighted by Crippen LogP contribution is 2.38. The van der Waals surface area contributed by atoms with E-state index in [4.69, 9.17) is 5.11 Å². The van der Waals surface area contributed by atoms with Gasteiger partial charge in [-0.1, -0.05) is 18.2 Å². The van der Waals surface area contributed by atoms with E-state index in [1.54, 1.807) is 0 Å². The Morgan fingerprint density at radius 2 is 1.89 bits per heavy atom. The molecule has 0 saturated heterocycles. The van der Waals surface area contributed by atoms with Gasteiger partial charge in [0, 0.05) is 12.2 Å². The maximum atomic E-state index is 12.4. The van der Waals surface area contributed by atoms with Crippen molar-refractivity contribution in [2.24, 2.45) is 0 Å². The minimum atomic E-state index is -5.01. The molecule has 18 heavy (non-hydrogen) atoms. The number of carboxylic acid groups (broad SMARTS) is 1. The SMILES string of the molecule is O=C(O)C1CN(C(=O)C(F)(F)F)c2ccccc21. The number of amides is 1. The molecule has 0 bridgehead atoms. The van der Waals surface area contributed by atoms with Crippen molar-refractivity contribution in [3.63, 3.8) is 0 Å². The Morgan fingerprint density at radius 1 is 1.28 bits per heavy atom. The molecule has 0 saturated carbocycles. The maximum Gasteiger partial charge on any atom is 0.471 e. The molecule has 1 aromatic rings. The molecular formula is C11H8F3NO3. The van der Waals surface area contributed by atoms with Gasteiger partial charge in [0.1, 0.15) is 5.92 Å². The summed E-state index contributed by atoms with van der Waals surface area (Å²) in [7, 11) is 0. The van der Waals surface area contributed by atoms with Gasteiger partial charge in [-0.05, 0) is 11.6 Å². The number of carbonyl (C=O) groups is 2. The number of carbonyl (C=O) groups excluding carboxylic acids is 1. The number of aliphatic carboxylic acids is 1. The van der Waals surface area contributed by atoms with Crippen LogP contribution >= 0.6 is 0 Å². The Kier molecular flexibility index (Phi) is 2.76. The first-order valence-corrected chi connectivity index (χ1v) is 5.03. The largest absolute Gasteiger partial charge is 0.481 e. The summed E-state index contributed by atoms with van der Waals surface area (Å²) in [5, 5.41) is 8.94. The molecule has 7 heteroatoms. The zero-order chi connectivity index (χ0) is 13.5. The molecule has 1 unspecified atom stereocenters. The van der Waals surface area contributed by atoms with Crippen LogP contribution in [-0.4, -0.2) is 29.7 Å². The molecule has 0 radical (unpaired) electrons. The molecule has 1 N–H and O–H groups in total. The number of alkyl halides is 3. The van der Waals surface area contributed by atoms with Gasteiger partial charge in [0.2, 0.25) is 0 Å². The Bertz CT molecular complexity index is 513. The van der Waals surface area contributed by atoms with Crippen molar-refractivity contribution >= 4 is 17.6 Å². The Balaban J connectivity index is 2.43. The van der Waals surface area contributed by atoms with Gasteiger partial charge in [0.05, 0.1) is 0 Å². The summed E-state index contributed by atoms with van der Waals surface area (Å²) in [5.74, 6) is -4.41. The van der Waals surface area contributed by atoms with Crippen LogP contribution in [0.3, 0.4) is 0 Å². The van der Waals surface area contributed by atoms with E-state index in [1.165, 1.54) is 24.3 Å². The molecule has 4 nitrogen and oxygen atoms in total. The number of para-hydroxylation sites is 1. The van der Waals surface area contributed by atoms with E-state index >= 15 is 0 Å². The molecule has 1 amide bonds. The van der Waals surface area contributed by atoms with E-state index in [0.717, 1.165) is 0 Å². The average molecular weight is 259 g/mol. The summed E-state index contributed by atoms with van der Waals surface area (Å²) >= 11 is 0. The molecule has 1 aromatic carbocycles. The van der Waals surface area contributed by atoms with Gasteiger partial charge >= 0.3 is 18.1 Å². The van der Waals surface area contributed by atoms with Gasteiger partial charge in [0.25, 0.3) is 0 Å². The van der Waals surface area contributed by atoms with Crippen LogP contribution in [0.2, 0.25) is 0 Å². The Hall–Kier alpha value is -2.05. The third-order valence-corrected chi connectivity index (χ3v) is 2.75. The molecule has 0 aromatic heterocycles. The van der Waals surface area contributed by atoms with Crippen molar-refractivity contribution in [3.8, 4) is 0 Å². The van der Waals surface area contributed by atoms with Crippen molar-refractivity contribution in [2.45, 2.75) is 12.1 Å². The van der Waals surface area contributed by atoms with E-state index < -0.39 is 30.5 Å². The molecule has 0 aliphatic carbocycles. The Labute approximate surface area is 99.6 Å². The molecule has 1 aliphatic heterocycles. The van der Waals surface area contributed by atoms with Crippen molar-refractivity contribution in [3.05, 3.63) is 29.8 Å². The second kappa shape index (κ2) is 4.01. The molecule has 1 atom stereocenters. The van der Waals surface area contributed by atoms with Crippen molar-refractivity contribution in [1.29, 1.82) is 0 Å². The first kappa shape index (κ1) is 12.4. The van der Waals surface area contributed by atoms with Gasteiger partial charge < -0.3 is 10.0 Å². The summed E-state index contributed by atoms with van der Waals surface area (Å²) in [6.45, 7) is -0.493. The van der Waals surface area contributed by atoms with Gasteiger partial charge in [0.15, 0.2) is 0 Å². The first-order valence-electron chi connectivity index (χ1n) is 5.03. The summed E-state index contributed by atoms with van der Waals surface area (Å²) in [6, 6.07) is 5.70. The third kappa shape index (κ3) is 1.92. The topological polar surface area (TPSA) is 57.6 Å². The van der Waals surface area contributed by atoms with Gasteiger partial charge in [-0.2, -0.15) is 13.2 Å². The van der Waals surface area contributed by atoms with Crippen molar-refractivity contribution < 1.29 is 27.9 Å². The number of halogens is 3. The highest BCUT2D eigenvalue weighted by atomic mass is 19.4. The van der Waals surface area contributed by atoms with E-state index in [0.29, 0.717) is 4.90 Å². The van der Waals surface area contributed by atoms with E-state index in [9.17, 15) is 22.8 Å². The first-order chi connectivity index (χ1) is 8.32. The quantitative estimate of drug-likeness (QED) is 0.836. The number of anilines is 1. The van der Waals surface area contributed by atoms with E-state index in [-0.39, 0.29) is 11.3 Å². The van der Waals surface area contributed by atoms with Crippen molar-refractivity contribution in [1.82, 2.24) is 0 Å². The highest BCUT2D eigenvalue weighted by Gasteiger charge is 2.47. The minimum Gasteiger partial charge on any atom is -0.481 e. The molecule has 1 aliphatic rings. The maximum absolute atomic E-state index is 12.4. The normalized spacial score (nSPS) is 18.6. The van der Waals surface area contributed by atoms with Gasteiger partial charge in [-0.3, -0.25) is 9.59 Å². The summed E-state index contributed by atoms with van der Waals surface area (Å²) in [6.07, 6.45) is -5.01. The predicted octanol–water partition coefficient (Wildman–Crippen LogP) is 1.76. The summed E-state index contributed by atoms with van der Waals surface area (Å²) < 4.78 is 37.2. The number of nitrogens with zero attached hydrogens (tertiary/aromatic N) is 1. The summed E-state index contributed by atoms with van der Waals surface area (Å²) in [4.78, 5) is 22.6. The molecule has 96 valence electrons. The fraction of sp³-hybridized carbons (Fsp3) is 0.273. The monoisotopic (exact) mass is 259 g/mol. The highest BCUT2D eigenvalue weighted by molar-refractivity contribution is 6.01. The standard InChI is InChI=1S/C11H8F3NO3/c12-11(13,14)10(18)15-5-7(9(16)17)6-3-1-2-4-8(6)15/h1-4,7H,5H2,(H,16,17). The molecule has 0 spiro atoms. The van der Waals surface area contributed by atoms with Crippen molar-refractivity contribution in [2.75, 3.05) is 11.4 Å². The van der Waals surface area contributed by atoms with Gasteiger partial charge in [-0.15, -0.1) is 0 Å². The number of carboxylic acids is 1. The second-order valence-corrected chi connectivity index (χ2v) is 3.86. The number of hydrogen-bond donors (Lipinski definition) is 1. The van der Waals surface area contributed by atoms with Crippen LogP contribution in [0.1, 0.15) is 11.5 Å². The second-order valence-electron chi connectivity index (χ2n) is 3.86. The van der Waals surface area contributed by atoms with E-state index in [2.05, 4.69) is 0 Å². The number of hydrogen-bond acceptors (Lipinski definition) is 2. The smallest absolute Gasteiger partial charge is 0.471 e. The fourth-order valence-corrected chi connectivity index (χ4v) is 1.96. The minimum absolute atomic E-state index is 0.00669. The van der Waals surface area contributed by atoms with Crippen LogP contribution in [0.5, 0.6) is 0 Å². The van der Waals surface area contributed by atoms with Crippen LogP contribution < -0.4 is 4.90 Å². The zero-order valence-corrected chi connectivity index (χ0v) is 8.94. The average Bonchev–Trinajstić information content (AvgIpc) is 2.66. The number of fused-ring (bicyclic) bond motifs is 1. The lowest BCUT2D eigenvalue weighted by Crippen LogP contribution is -2.41. The zero-order valence-electron chi connectivity index (χ0n) is 8.94. The van der Waals surface area contributed by atoms with Crippen LogP contribution in [0, 0.1) is 0 Å². The molecule has 0 fully saturated rings. The fourth-order valence-electron chi connectivity index (χ4n) is 1.96. The molecule has 2 rings (SSSR count). The summed E-state index contributed by atoms with van der Waals surface area (Å²) in [5.41, 5.74) is 0.231. The number of rotatable bonds is 1. The lowest BCUT2D eigenvalue weighted by Gasteiger charge is -2.18. The Morgan fingerprint density at radius 3 is 2.44 bits per heavy atom. The molecular weight excluding hydrogens is 251 g/mol. The predicted molar refractivity (Wildman–Crippen MR) is 55.2 cm³/mol. The molecule has 1 heterocycles. The van der Waals surface area contributed by atoms with Crippen LogP contribution in [0.4, 0.5) is 18.9 Å². The van der Waals surface area contributed by atoms with Crippen LogP contribution in [-0.2, 0) is 9.59 Å². The van der Waals surface area contributed by atoms with Crippen LogP contribution in [0.15, 0.2) is 24.3 Å². The lowest BCUT2D eigenvalue weighted by molar-refractivity contribution is -0.170. The lowest BCUT2D eigenvalue weighted by atomic mass is 10.0.